The zero-order valence-electron chi connectivity index (χ0n) is 14.8. The molecule has 1 N–H and O–H groups in total. The molecule has 0 spiro atoms. The van der Waals surface area contributed by atoms with Gasteiger partial charge in [0.1, 0.15) is 5.82 Å². The molecule has 4 heteroatoms. The van der Waals surface area contributed by atoms with Crippen molar-refractivity contribution in [2.75, 3.05) is 19.7 Å². The van der Waals surface area contributed by atoms with Crippen molar-refractivity contribution in [1.29, 1.82) is 0 Å². The molecule has 3 fully saturated rings. The molecule has 3 nitrogen and oxygen atoms in total. The van der Waals surface area contributed by atoms with Crippen molar-refractivity contribution in [3.05, 3.63) is 35.6 Å². The molecule has 2 aliphatic heterocycles. The van der Waals surface area contributed by atoms with Crippen molar-refractivity contribution in [2.45, 2.75) is 57.8 Å². The number of rotatable bonds is 4. The fourth-order valence-corrected chi connectivity index (χ4v) is 5.04. The molecule has 0 unspecified atom stereocenters. The van der Waals surface area contributed by atoms with Crippen LogP contribution in [0.4, 0.5) is 4.39 Å². The Kier molecular flexibility index (Phi) is 4.40. The van der Waals surface area contributed by atoms with Gasteiger partial charge in [-0.05, 0) is 38.4 Å². The number of nitrogens with zero attached hydrogens (tertiary/aromatic N) is 1. The van der Waals surface area contributed by atoms with E-state index >= 15 is 0 Å². The van der Waals surface area contributed by atoms with Gasteiger partial charge in [0.25, 0.3) is 0 Å². The summed E-state index contributed by atoms with van der Waals surface area (Å²) in [4.78, 5) is 2.38. The summed E-state index contributed by atoms with van der Waals surface area (Å²) in [5.74, 6) is 0.623. The minimum atomic E-state index is -0.0822. The van der Waals surface area contributed by atoms with E-state index in [-0.39, 0.29) is 11.2 Å². The average molecular weight is 332 g/mol. The predicted molar refractivity (Wildman–Crippen MR) is 93.3 cm³/mol. The van der Waals surface area contributed by atoms with E-state index in [1.807, 2.05) is 12.1 Å². The van der Waals surface area contributed by atoms with Crippen molar-refractivity contribution < 1.29 is 9.13 Å². The van der Waals surface area contributed by atoms with E-state index in [2.05, 4.69) is 24.1 Å². The summed E-state index contributed by atoms with van der Waals surface area (Å²) in [5, 5.41) is 3.93. The van der Waals surface area contributed by atoms with Crippen LogP contribution < -0.4 is 5.32 Å². The Labute approximate surface area is 144 Å². The van der Waals surface area contributed by atoms with Gasteiger partial charge in [-0.3, -0.25) is 4.90 Å². The first-order valence-corrected chi connectivity index (χ1v) is 9.39. The van der Waals surface area contributed by atoms with Crippen molar-refractivity contribution in [3.8, 4) is 0 Å². The van der Waals surface area contributed by atoms with Gasteiger partial charge in [0.2, 0.25) is 0 Å². The molecule has 132 valence electrons. The summed E-state index contributed by atoms with van der Waals surface area (Å²) in [5.41, 5.74) is 1.07. The second-order valence-electron chi connectivity index (χ2n) is 8.35. The number of nitrogens with one attached hydrogen (secondary N) is 1. The molecule has 0 radical (unpaired) electrons. The number of hydrogen-bond acceptors (Lipinski definition) is 3. The standard InChI is InChI=1S/C20H29FN2O/c1-20(2)18(16-9-12-24-19(16)20)22-15-7-10-23(11-8-15)13-14-5-3-4-6-17(14)21/h3-6,15-16,18-19,22H,7-13H2,1-2H3/t16-,18+,19+/m0/s1. The van der Waals surface area contributed by atoms with E-state index in [0.29, 0.717) is 24.1 Å². The lowest BCUT2D eigenvalue weighted by molar-refractivity contribution is -0.116. The quantitative estimate of drug-likeness (QED) is 0.916. The van der Waals surface area contributed by atoms with Gasteiger partial charge in [-0.15, -0.1) is 0 Å². The molecule has 24 heavy (non-hydrogen) atoms. The average Bonchev–Trinajstić information content (AvgIpc) is 3.03. The molecule has 0 aromatic heterocycles. The maximum atomic E-state index is 13.8. The number of halogens is 1. The normalized spacial score (nSPS) is 33.2. The van der Waals surface area contributed by atoms with Gasteiger partial charge >= 0.3 is 0 Å². The lowest BCUT2D eigenvalue weighted by Gasteiger charge is -2.56. The summed E-state index contributed by atoms with van der Waals surface area (Å²) in [6.07, 6.45) is 3.97. The third kappa shape index (κ3) is 2.89. The Balaban J connectivity index is 1.28. The molecule has 0 bridgehead atoms. The van der Waals surface area contributed by atoms with Crippen LogP contribution in [-0.4, -0.2) is 42.8 Å². The molecule has 1 aromatic carbocycles. The van der Waals surface area contributed by atoms with Gasteiger partial charge in [0.05, 0.1) is 6.10 Å². The van der Waals surface area contributed by atoms with E-state index in [4.69, 9.17) is 4.74 Å². The molecule has 1 aliphatic carbocycles. The van der Waals surface area contributed by atoms with Crippen molar-refractivity contribution >= 4 is 0 Å². The van der Waals surface area contributed by atoms with Crippen LogP contribution in [0.3, 0.4) is 0 Å². The van der Waals surface area contributed by atoms with E-state index in [0.717, 1.165) is 44.6 Å². The van der Waals surface area contributed by atoms with Gasteiger partial charge < -0.3 is 10.1 Å². The van der Waals surface area contributed by atoms with Crippen LogP contribution in [0.1, 0.15) is 38.7 Å². The number of hydrogen-bond donors (Lipinski definition) is 1. The van der Waals surface area contributed by atoms with Crippen LogP contribution in [-0.2, 0) is 11.3 Å². The molecule has 0 amide bonds. The highest BCUT2D eigenvalue weighted by molar-refractivity contribution is 5.17. The lowest BCUT2D eigenvalue weighted by atomic mass is 9.57. The molecule has 3 aliphatic rings. The van der Waals surface area contributed by atoms with Crippen LogP contribution in [0, 0.1) is 17.2 Å². The van der Waals surface area contributed by atoms with Crippen LogP contribution in [0.5, 0.6) is 0 Å². The summed E-state index contributed by atoms with van der Waals surface area (Å²) in [6.45, 7) is 8.42. The second kappa shape index (κ2) is 6.40. The third-order valence-electron chi connectivity index (χ3n) is 6.46. The molecule has 3 atom stereocenters. The molecule has 2 saturated heterocycles. The van der Waals surface area contributed by atoms with Gasteiger partial charge in [-0.2, -0.15) is 0 Å². The Bertz CT molecular complexity index is 583. The first-order valence-electron chi connectivity index (χ1n) is 9.39. The SMILES string of the molecule is CC1(C)[C@H](NC2CCN(Cc3ccccc3F)CC2)[C@@H]2CCO[C@H]21. The first kappa shape index (κ1) is 16.5. The van der Waals surface area contributed by atoms with Gasteiger partial charge in [0.15, 0.2) is 0 Å². The molecule has 2 heterocycles. The van der Waals surface area contributed by atoms with E-state index < -0.39 is 0 Å². The van der Waals surface area contributed by atoms with E-state index in [1.165, 1.54) is 6.42 Å². The number of ether oxygens (including phenoxy) is 1. The molecule has 1 saturated carbocycles. The zero-order valence-corrected chi connectivity index (χ0v) is 14.8. The molecular weight excluding hydrogens is 303 g/mol. The minimum absolute atomic E-state index is 0.0822. The van der Waals surface area contributed by atoms with Crippen molar-refractivity contribution in [2.24, 2.45) is 11.3 Å². The van der Waals surface area contributed by atoms with Crippen molar-refractivity contribution in [1.82, 2.24) is 10.2 Å². The van der Waals surface area contributed by atoms with E-state index in [1.54, 1.807) is 12.1 Å². The Morgan fingerprint density at radius 1 is 1.21 bits per heavy atom. The maximum absolute atomic E-state index is 13.8. The lowest BCUT2D eigenvalue weighted by Crippen LogP contribution is -2.67. The largest absolute Gasteiger partial charge is 0.377 e. The summed E-state index contributed by atoms with van der Waals surface area (Å²) in [7, 11) is 0. The Hall–Kier alpha value is -0.970. The van der Waals surface area contributed by atoms with Crippen LogP contribution in [0.2, 0.25) is 0 Å². The van der Waals surface area contributed by atoms with Gasteiger partial charge in [-0.1, -0.05) is 32.0 Å². The van der Waals surface area contributed by atoms with Gasteiger partial charge in [-0.25, -0.2) is 4.39 Å². The zero-order chi connectivity index (χ0) is 16.7. The molecule has 4 rings (SSSR count). The second-order valence-corrected chi connectivity index (χ2v) is 8.35. The number of fused-ring (bicyclic) bond motifs is 1. The number of likely N-dealkylation sites (tertiary alicyclic amines) is 1. The number of benzene rings is 1. The highest BCUT2D eigenvalue weighted by Crippen LogP contribution is 2.52. The minimum Gasteiger partial charge on any atom is -0.377 e. The van der Waals surface area contributed by atoms with Crippen molar-refractivity contribution in [3.63, 3.8) is 0 Å². The fourth-order valence-electron chi connectivity index (χ4n) is 5.04. The topological polar surface area (TPSA) is 24.5 Å². The number of piperidine rings is 1. The Morgan fingerprint density at radius 3 is 2.71 bits per heavy atom. The third-order valence-corrected chi connectivity index (χ3v) is 6.46. The van der Waals surface area contributed by atoms with Crippen LogP contribution in [0.15, 0.2) is 24.3 Å². The van der Waals surface area contributed by atoms with Gasteiger partial charge in [0, 0.05) is 42.1 Å². The smallest absolute Gasteiger partial charge is 0.127 e. The highest BCUT2D eigenvalue weighted by atomic mass is 19.1. The first-order chi connectivity index (χ1) is 11.6. The van der Waals surface area contributed by atoms with Crippen LogP contribution >= 0.6 is 0 Å². The Morgan fingerprint density at radius 2 is 1.96 bits per heavy atom. The van der Waals surface area contributed by atoms with Crippen LogP contribution in [0.25, 0.3) is 0 Å². The monoisotopic (exact) mass is 332 g/mol. The molecular formula is C20H29FN2O. The molecule has 1 aromatic rings. The fraction of sp³-hybridized carbons (Fsp3) is 0.700. The predicted octanol–water partition coefficient (Wildman–Crippen LogP) is 3.19. The van der Waals surface area contributed by atoms with E-state index in [9.17, 15) is 4.39 Å². The maximum Gasteiger partial charge on any atom is 0.127 e. The highest BCUT2D eigenvalue weighted by Gasteiger charge is 2.59. The summed E-state index contributed by atoms with van der Waals surface area (Å²) >= 11 is 0. The summed E-state index contributed by atoms with van der Waals surface area (Å²) < 4.78 is 19.7. The summed E-state index contributed by atoms with van der Waals surface area (Å²) in [6, 6.07) is 8.32.